The summed E-state index contributed by atoms with van der Waals surface area (Å²) in [5, 5.41) is 0. The molecule has 0 nitrogen and oxygen atoms in total. The highest BCUT2D eigenvalue weighted by atomic mass is 19.4. The molecule has 0 radical (unpaired) electrons. The summed E-state index contributed by atoms with van der Waals surface area (Å²) in [6.07, 6.45) is -1.97. The summed E-state index contributed by atoms with van der Waals surface area (Å²) in [5.74, 6) is -1.02. The minimum Gasteiger partial charge on any atom is -0.171 e. The lowest BCUT2D eigenvalue weighted by Gasteiger charge is -2.35. The van der Waals surface area contributed by atoms with Crippen LogP contribution in [0.5, 0.6) is 0 Å². The molecular formula is C9H15F3. The van der Waals surface area contributed by atoms with E-state index in [1.165, 1.54) is 0 Å². The van der Waals surface area contributed by atoms with Crippen molar-refractivity contribution in [3.05, 3.63) is 0 Å². The number of hydrogen-bond donors (Lipinski definition) is 0. The van der Waals surface area contributed by atoms with Crippen molar-refractivity contribution in [3.8, 4) is 0 Å². The van der Waals surface area contributed by atoms with Crippen LogP contribution in [-0.2, 0) is 0 Å². The lowest BCUT2D eigenvalue weighted by Crippen LogP contribution is -2.35. The van der Waals surface area contributed by atoms with E-state index in [4.69, 9.17) is 0 Å². The first-order valence-electron chi connectivity index (χ1n) is 4.49. The zero-order valence-electron chi connectivity index (χ0n) is 7.49. The molecule has 0 bridgehead atoms. The van der Waals surface area contributed by atoms with Crippen LogP contribution in [0.3, 0.4) is 0 Å². The molecule has 1 fully saturated rings. The predicted molar refractivity (Wildman–Crippen MR) is 41.7 cm³/mol. The average molecular weight is 180 g/mol. The molecule has 3 unspecified atom stereocenters. The van der Waals surface area contributed by atoms with E-state index >= 15 is 0 Å². The summed E-state index contributed by atoms with van der Waals surface area (Å²) >= 11 is 0. The van der Waals surface area contributed by atoms with E-state index in [1.807, 2.05) is 6.92 Å². The number of alkyl halides is 3. The summed E-state index contributed by atoms with van der Waals surface area (Å²) < 4.78 is 37.1. The van der Waals surface area contributed by atoms with Gasteiger partial charge in [-0.2, -0.15) is 13.2 Å². The molecule has 0 N–H and O–H groups in total. The molecule has 0 aromatic rings. The van der Waals surface area contributed by atoms with Gasteiger partial charge < -0.3 is 0 Å². The molecule has 0 amide bonds. The Labute approximate surface area is 71.1 Å². The van der Waals surface area contributed by atoms with Crippen LogP contribution in [0, 0.1) is 17.8 Å². The number of rotatable bonds is 0. The van der Waals surface area contributed by atoms with Gasteiger partial charge in [-0.25, -0.2) is 0 Å². The van der Waals surface area contributed by atoms with E-state index in [0.29, 0.717) is 6.42 Å². The van der Waals surface area contributed by atoms with Gasteiger partial charge in [-0.05, 0) is 18.3 Å². The smallest absolute Gasteiger partial charge is 0.171 e. The lowest BCUT2D eigenvalue weighted by molar-refractivity contribution is -0.199. The van der Waals surface area contributed by atoms with E-state index in [2.05, 4.69) is 0 Å². The Kier molecular flexibility index (Phi) is 2.69. The van der Waals surface area contributed by atoms with Crippen LogP contribution in [0.15, 0.2) is 0 Å². The summed E-state index contributed by atoms with van der Waals surface area (Å²) in [6, 6.07) is 0. The van der Waals surface area contributed by atoms with Gasteiger partial charge in [-0.15, -0.1) is 0 Å². The Morgan fingerprint density at radius 1 is 1.08 bits per heavy atom. The molecule has 72 valence electrons. The molecule has 0 saturated heterocycles. The van der Waals surface area contributed by atoms with Crippen molar-refractivity contribution < 1.29 is 13.2 Å². The Morgan fingerprint density at radius 2 is 1.67 bits per heavy atom. The zero-order chi connectivity index (χ0) is 9.35. The van der Waals surface area contributed by atoms with Gasteiger partial charge in [0.2, 0.25) is 0 Å². The molecule has 3 atom stereocenters. The topological polar surface area (TPSA) is 0 Å². The summed E-state index contributed by atoms with van der Waals surface area (Å²) in [6.45, 7) is 3.64. The highest BCUT2D eigenvalue weighted by Gasteiger charge is 2.45. The van der Waals surface area contributed by atoms with Crippen molar-refractivity contribution in [1.29, 1.82) is 0 Å². The first-order valence-corrected chi connectivity index (χ1v) is 4.49. The predicted octanol–water partition coefficient (Wildman–Crippen LogP) is 3.62. The van der Waals surface area contributed by atoms with Gasteiger partial charge in [0.25, 0.3) is 0 Å². The normalized spacial score (nSPS) is 38.2. The van der Waals surface area contributed by atoms with Crippen molar-refractivity contribution in [2.45, 2.75) is 39.3 Å². The first-order chi connectivity index (χ1) is 5.43. The average Bonchev–Trinajstić information content (AvgIpc) is 1.92. The van der Waals surface area contributed by atoms with E-state index < -0.39 is 12.1 Å². The van der Waals surface area contributed by atoms with Crippen LogP contribution < -0.4 is 0 Å². The maximum Gasteiger partial charge on any atom is 0.392 e. The summed E-state index contributed by atoms with van der Waals surface area (Å²) in [4.78, 5) is 0. The van der Waals surface area contributed by atoms with E-state index in [-0.39, 0.29) is 11.8 Å². The van der Waals surface area contributed by atoms with Crippen molar-refractivity contribution >= 4 is 0 Å². The van der Waals surface area contributed by atoms with Crippen molar-refractivity contribution in [1.82, 2.24) is 0 Å². The Morgan fingerprint density at radius 3 is 2.08 bits per heavy atom. The maximum atomic E-state index is 12.4. The molecule has 0 aliphatic heterocycles. The standard InChI is InChI=1S/C9H15F3/c1-6-4-3-5-8(7(6)2)9(10,11)12/h6-8H,3-5H2,1-2H3. The van der Waals surface area contributed by atoms with Gasteiger partial charge in [0, 0.05) is 0 Å². The molecule has 1 rings (SSSR count). The van der Waals surface area contributed by atoms with E-state index in [9.17, 15) is 13.2 Å². The molecule has 0 spiro atoms. The highest BCUT2D eigenvalue weighted by Crippen LogP contribution is 2.43. The van der Waals surface area contributed by atoms with Crippen LogP contribution in [-0.4, -0.2) is 6.18 Å². The molecule has 1 aliphatic carbocycles. The van der Waals surface area contributed by atoms with E-state index in [0.717, 1.165) is 12.8 Å². The molecular weight excluding hydrogens is 165 g/mol. The van der Waals surface area contributed by atoms with Crippen molar-refractivity contribution in [2.75, 3.05) is 0 Å². The zero-order valence-corrected chi connectivity index (χ0v) is 7.49. The Hall–Kier alpha value is -0.210. The van der Waals surface area contributed by atoms with Crippen LogP contribution in [0.1, 0.15) is 33.1 Å². The van der Waals surface area contributed by atoms with Crippen molar-refractivity contribution in [3.63, 3.8) is 0 Å². The third-order valence-electron chi connectivity index (χ3n) is 3.13. The van der Waals surface area contributed by atoms with Crippen LogP contribution >= 0.6 is 0 Å². The van der Waals surface area contributed by atoms with Gasteiger partial charge in [-0.1, -0.05) is 26.7 Å². The fraction of sp³-hybridized carbons (Fsp3) is 1.00. The minimum absolute atomic E-state index is 0.196. The van der Waals surface area contributed by atoms with Gasteiger partial charge >= 0.3 is 6.18 Å². The van der Waals surface area contributed by atoms with Gasteiger partial charge in [0.15, 0.2) is 0 Å². The molecule has 1 aliphatic rings. The molecule has 3 heteroatoms. The third kappa shape index (κ3) is 1.93. The SMILES string of the molecule is CC1CCCC(C(F)(F)F)C1C. The second kappa shape index (κ2) is 3.27. The molecule has 0 heterocycles. The second-order valence-corrected chi connectivity index (χ2v) is 3.92. The van der Waals surface area contributed by atoms with E-state index in [1.54, 1.807) is 6.92 Å². The minimum atomic E-state index is -3.98. The van der Waals surface area contributed by atoms with Crippen LogP contribution in [0.25, 0.3) is 0 Å². The number of halogens is 3. The first kappa shape index (κ1) is 9.87. The fourth-order valence-corrected chi connectivity index (χ4v) is 2.04. The highest BCUT2D eigenvalue weighted by molar-refractivity contribution is 4.81. The quantitative estimate of drug-likeness (QED) is 0.534. The second-order valence-electron chi connectivity index (χ2n) is 3.92. The van der Waals surface area contributed by atoms with Gasteiger partial charge in [0.05, 0.1) is 5.92 Å². The monoisotopic (exact) mass is 180 g/mol. The van der Waals surface area contributed by atoms with Crippen molar-refractivity contribution in [2.24, 2.45) is 17.8 Å². The fourth-order valence-electron chi connectivity index (χ4n) is 2.04. The Balaban J connectivity index is 2.64. The lowest BCUT2D eigenvalue weighted by atomic mass is 9.73. The van der Waals surface area contributed by atoms with Crippen LogP contribution in [0.2, 0.25) is 0 Å². The summed E-state index contributed by atoms with van der Waals surface area (Å²) in [7, 11) is 0. The van der Waals surface area contributed by atoms with Crippen LogP contribution in [0.4, 0.5) is 13.2 Å². The summed E-state index contributed by atoms with van der Waals surface area (Å²) in [5.41, 5.74) is 0. The van der Waals surface area contributed by atoms with Gasteiger partial charge in [0.1, 0.15) is 0 Å². The number of hydrogen-bond acceptors (Lipinski definition) is 0. The third-order valence-corrected chi connectivity index (χ3v) is 3.13. The largest absolute Gasteiger partial charge is 0.392 e. The Bertz CT molecular complexity index is 150. The molecule has 0 aromatic heterocycles. The molecule has 0 aromatic carbocycles. The molecule has 1 saturated carbocycles. The molecule has 12 heavy (non-hydrogen) atoms. The van der Waals surface area contributed by atoms with Gasteiger partial charge in [-0.3, -0.25) is 0 Å². The maximum absolute atomic E-state index is 12.4.